The Balaban J connectivity index is -0.000000146. The van der Waals surface area contributed by atoms with E-state index in [2.05, 4.69) is 124 Å². The Bertz CT molecular complexity index is 440. The fraction of sp³-hybridized carbons (Fsp3) is 0.929. The molecule has 35 heavy (non-hydrogen) atoms. The molecule has 0 aromatic rings. The second kappa shape index (κ2) is 20.8. The Labute approximate surface area is 233 Å². The smallest absolute Gasteiger partial charge is 0.675 e. The minimum Gasteiger partial charge on any atom is -0.675 e. The molecule has 0 rings (SSSR count). The van der Waals surface area contributed by atoms with E-state index >= 15 is 0 Å². The van der Waals surface area contributed by atoms with Crippen molar-refractivity contribution in [2.24, 2.45) is 10.8 Å². The van der Waals surface area contributed by atoms with Crippen LogP contribution in [0.1, 0.15) is 124 Å². The molecule has 2 atom stereocenters. The van der Waals surface area contributed by atoms with Crippen LogP contribution >= 0.6 is 0 Å². The van der Waals surface area contributed by atoms with Crippen molar-refractivity contribution < 1.29 is 29.1 Å². The molecule has 0 heterocycles. The van der Waals surface area contributed by atoms with Crippen LogP contribution in [0.3, 0.4) is 0 Å². The molecule has 6 nitrogen and oxygen atoms in total. The fourth-order valence-corrected chi connectivity index (χ4v) is 2.48. The third kappa shape index (κ3) is 26.7. The monoisotopic (exact) mass is 584 g/mol. The van der Waals surface area contributed by atoms with Crippen molar-refractivity contribution in [1.29, 1.82) is 0 Å². The Kier molecular flexibility index (Phi) is 26.6. The van der Waals surface area contributed by atoms with Crippen LogP contribution in [0, 0.1) is 10.8 Å². The standard InChI is InChI=1S/2C13H28N2.2CHO.Ru/c2*1-9-13(7,8)11(14-10(2)3)15-12(4,5)6;2*1-2;/h2*10-11H,9H2,1-8H3;2*1H;/q2*-2;2*-1;+6. The molecule has 0 aliphatic rings. The molecule has 0 N–H and O–H groups in total. The molecule has 0 fully saturated rings. The quantitative estimate of drug-likeness (QED) is 0.146. The Morgan fingerprint density at radius 1 is 0.543 bits per heavy atom. The molecule has 0 radical (unpaired) electrons. The average molecular weight is 584 g/mol. The number of rotatable bonds is 10. The molecule has 0 amide bonds. The normalized spacial score (nSPS) is 13.8. The van der Waals surface area contributed by atoms with Gasteiger partial charge < -0.3 is 30.9 Å². The van der Waals surface area contributed by atoms with E-state index in [-0.39, 0.29) is 53.7 Å². The van der Waals surface area contributed by atoms with Crippen LogP contribution in [0.2, 0.25) is 0 Å². The van der Waals surface area contributed by atoms with Crippen LogP contribution in [-0.2, 0) is 29.1 Å². The van der Waals surface area contributed by atoms with E-state index < -0.39 is 0 Å². The van der Waals surface area contributed by atoms with Crippen LogP contribution in [0.25, 0.3) is 21.3 Å². The van der Waals surface area contributed by atoms with E-state index in [0.29, 0.717) is 12.1 Å². The Hall–Kier alpha value is -0.197. The predicted molar refractivity (Wildman–Crippen MR) is 152 cm³/mol. The summed E-state index contributed by atoms with van der Waals surface area (Å²) in [4.78, 5) is 15.5. The molecular formula is C28H58N4O2Ru. The topological polar surface area (TPSA) is 90.5 Å². The molecule has 0 aromatic heterocycles. The minimum atomic E-state index is -0.00447. The van der Waals surface area contributed by atoms with Crippen LogP contribution < -0.4 is 0 Å². The van der Waals surface area contributed by atoms with Gasteiger partial charge in [-0.2, -0.15) is 0 Å². The van der Waals surface area contributed by atoms with Crippen LogP contribution in [0.5, 0.6) is 0 Å². The molecule has 0 bridgehead atoms. The van der Waals surface area contributed by atoms with Crippen molar-refractivity contribution in [3.05, 3.63) is 21.3 Å². The van der Waals surface area contributed by atoms with Crippen LogP contribution in [0.4, 0.5) is 0 Å². The van der Waals surface area contributed by atoms with Gasteiger partial charge in [-0.05, 0) is 0 Å². The van der Waals surface area contributed by atoms with E-state index in [1.807, 2.05) is 0 Å². The third-order valence-electron chi connectivity index (χ3n) is 5.12. The second-order valence-corrected chi connectivity index (χ2v) is 12.5. The summed E-state index contributed by atoms with van der Waals surface area (Å²) < 4.78 is 0. The molecule has 0 aromatic carbocycles. The molecule has 0 spiro atoms. The number of hydrogen-bond donors (Lipinski definition) is 0. The van der Waals surface area contributed by atoms with E-state index in [1.165, 1.54) is 0 Å². The average Bonchev–Trinajstić information content (AvgIpc) is 2.67. The first kappa shape index (κ1) is 44.8. The van der Waals surface area contributed by atoms with Gasteiger partial charge in [0.15, 0.2) is 0 Å². The summed E-state index contributed by atoms with van der Waals surface area (Å²) in [5, 5.41) is 19.1. The Morgan fingerprint density at radius 3 is 0.857 bits per heavy atom. The molecule has 2 unspecified atom stereocenters. The predicted octanol–water partition coefficient (Wildman–Crippen LogP) is 8.86. The largest absolute Gasteiger partial charge is 6.00 e. The first-order valence-electron chi connectivity index (χ1n) is 12.5. The zero-order chi connectivity index (χ0) is 28.6. The summed E-state index contributed by atoms with van der Waals surface area (Å²) in [6.45, 7) is 41.2. The molecule has 210 valence electrons. The fourth-order valence-electron chi connectivity index (χ4n) is 2.48. The maximum Gasteiger partial charge on any atom is 6.00 e. The van der Waals surface area contributed by atoms with Gasteiger partial charge in [-0.1, -0.05) is 134 Å². The molecule has 0 saturated carbocycles. The summed E-state index contributed by atoms with van der Waals surface area (Å²) >= 11 is 0. The van der Waals surface area contributed by atoms with Gasteiger partial charge in [0.05, 0.1) is 0 Å². The van der Waals surface area contributed by atoms with Crippen molar-refractivity contribution in [1.82, 2.24) is 0 Å². The summed E-state index contributed by atoms with van der Waals surface area (Å²) in [7, 11) is 0. The summed E-state index contributed by atoms with van der Waals surface area (Å²) in [6, 6.07) is 0.707. The zero-order valence-corrected chi connectivity index (χ0v) is 27.6. The van der Waals surface area contributed by atoms with Crippen molar-refractivity contribution in [2.45, 2.75) is 159 Å². The van der Waals surface area contributed by atoms with Gasteiger partial charge in [0.25, 0.3) is 0 Å². The van der Waals surface area contributed by atoms with Gasteiger partial charge in [0, 0.05) is 0 Å². The van der Waals surface area contributed by atoms with Crippen molar-refractivity contribution in [3.8, 4) is 0 Å². The van der Waals surface area contributed by atoms with Crippen molar-refractivity contribution in [3.63, 3.8) is 0 Å². The number of carbonyl (C=O) groups excluding carboxylic acids is 2. The SMILES string of the molecule is CCC(C)(C)C([N-]C(C)C)[N-]C(C)(C)C.CCC(C)(C)C([N-]C(C)C)[N-]C(C)(C)C.[CH-]=O.[CH-]=O.[Ru+6]. The first-order chi connectivity index (χ1) is 15.2. The third-order valence-corrected chi connectivity index (χ3v) is 5.12. The van der Waals surface area contributed by atoms with Crippen molar-refractivity contribution in [2.75, 3.05) is 0 Å². The number of hydrogen-bond acceptors (Lipinski definition) is 2. The molecule has 7 heteroatoms. The molecular weight excluding hydrogens is 525 g/mol. The second-order valence-electron chi connectivity index (χ2n) is 12.5. The van der Waals surface area contributed by atoms with Gasteiger partial charge in [0.1, 0.15) is 0 Å². The van der Waals surface area contributed by atoms with Crippen molar-refractivity contribution >= 4 is 13.6 Å². The van der Waals surface area contributed by atoms with Crippen LogP contribution in [0.15, 0.2) is 0 Å². The maximum atomic E-state index is 7.75. The van der Waals surface area contributed by atoms with E-state index in [9.17, 15) is 0 Å². The van der Waals surface area contributed by atoms with E-state index in [4.69, 9.17) is 30.9 Å². The minimum absolute atomic E-state index is 0. The first-order valence-corrected chi connectivity index (χ1v) is 12.5. The van der Waals surface area contributed by atoms with E-state index in [0.717, 1.165) is 12.8 Å². The molecule has 0 aliphatic carbocycles. The Morgan fingerprint density at radius 2 is 0.743 bits per heavy atom. The zero-order valence-electron chi connectivity index (χ0n) is 25.8. The van der Waals surface area contributed by atoms with Gasteiger partial charge in [-0.3, -0.25) is 13.6 Å². The van der Waals surface area contributed by atoms with Gasteiger partial charge >= 0.3 is 19.5 Å². The van der Waals surface area contributed by atoms with Gasteiger partial charge in [0.2, 0.25) is 0 Å². The summed E-state index contributed by atoms with van der Waals surface area (Å²) in [6.07, 6.45) is 2.44. The van der Waals surface area contributed by atoms with Crippen LogP contribution in [-0.4, -0.2) is 49.1 Å². The number of nitrogens with zero attached hydrogens (tertiary/aromatic N) is 4. The van der Waals surface area contributed by atoms with Gasteiger partial charge in [-0.15, -0.1) is 23.2 Å². The summed E-state index contributed by atoms with van der Waals surface area (Å²) in [5.74, 6) is 0. The van der Waals surface area contributed by atoms with Gasteiger partial charge in [-0.25, -0.2) is 12.3 Å². The van der Waals surface area contributed by atoms with E-state index in [1.54, 1.807) is 0 Å². The molecule has 0 aliphatic heterocycles. The molecule has 0 saturated heterocycles. The summed E-state index contributed by atoms with van der Waals surface area (Å²) in [5.41, 5.74) is 0.320. The maximum absolute atomic E-state index is 7.75.